The minimum Gasteiger partial charge on any atom is -0.336 e. The van der Waals surface area contributed by atoms with Gasteiger partial charge in [0.05, 0.1) is 16.8 Å². The molecular weight excluding hydrogens is 404 g/mol. The second kappa shape index (κ2) is 8.96. The largest absolute Gasteiger partial charge is 0.336 e. The van der Waals surface area contributed by atoms with Crippen molar-refractivity contribution in [1.29, 1.82) is 0 Å². The second-order valence-corrected chi connectivity index (χ2v) is 8.80. The summed E-state index contributed by atoms with van der Waals surface area (Å²) < 4.78 is 0. The van der Waals surface area contributed by atoms with E-state index >= 15 is 0 Å². The number of nitrogens with zero attached hydrogens (tertiary/aromatic N) is 4. The molecule has 156 valence electrons. The molecule has 1 saturated heterocycles. The van der Waals surface area contributed by atoms with Crippen LogP contribution < -0.4 is 0 Å². The van der Waals surface area contributed by atoms with Crippen LogP contribution in [-0.4, -0.2) is 58.4 Å². The Balaban J connectivity index is 1.35. The van der Waals surface area contributed by atoms with Crippen molar-refractivity contribution in [1.82, 2.24) is 19.8 Å². The number of fused-ring (bicyclic) bond motifs is 1. The van der Waals surface area contributed by atoms with Crippen LogP contribution in [0, 0.1) is 0 Å². The molecule has 5 nitrogen and oxygen atoms in total. The van der Waals surface area contributed by atoms with E-state index < -0.39 is 0 Å². The number of hydrogen-bond donors (Lipinski definition) is 0. The van der Waals surface area contributed by atoms with E-state index in [4.69, 9.17) is 4.98 Å². The van der Waals surface area contributed by atoms with E-state index in [-0.39, 0.29) is 5.91 Å². The standard InChI is InChI=1S/C25H24N4OS/c30-25(29-15-13-28(14-16-29)12-9-20-4-3-17-31-20)22-18-24(19-7-10-26-11-8-19)27-23-6-2-1-5-21(22)23/h1-8,10-11,17-18H,9,12-16H2. The molecule has 1 amide bonds. The first-order valence-corrected chi connectivity index (χ1v) is 11.5. The van der Waals surface area contributed by atoms with E-state index in [9.17, 15) is 4.79 Å². The third-order valence-corrected chi connectivity index (χ3v) is 6.77. The Labute approximate surface area is 186 Å². The van der Waals surface area contributed by atoms with E-state index in [1.165, 1.54) is 4.88 Å². The lowest BCUT2D eigenvalue weighted by molar-refractivity contribution is 0.0640. The topological polar surface area (TPSA) is 49.3 Å². The average Bonchev–Trinajstić information content (AvgIpc) is 3.36. The van der Waals surface area contributed by atoms with Gasteiger partial charge in [0.25, 0.3) is 5.91 Å². The third-order valence-electron chi connectivity index (χ3n) is 5.84. The Morgan fingerprint density at radius 2 is 1.77 bits per heavy atom. The Morgan fingerprint density at radius 3 is 2.55 bits per heavy atom. The highest BCUT2D eigenvalue weighted by Gasteiger charge is 2.24. The molecule has 4 heterocycles. The fourth-order valence-electron chi connectivity index (χ4n) is 4.09. The van der Waals surface area contributed by atoms with Crippen LogP contribution in [0.4, 0.5) is 0 Å². The fourth-order valence-corrected chi connectivity index (χ4v) is 4.79. The summed E-state index contributed by atoms with van der Waals surface area (Å²) in [5.41, 5.74) is 3.34. The van der Waals surface area contributed by atoms with E-state index in [1.807, 2.05) is 58.7 Å². The van der Waals surface area contributed by atoms with Gasteiger partial charge in [0.2, 0.25) is 0 Å². The minimum atomic E-state index is 0.0896. The molecule has 0 aliphatic carbocycles. The van der Waals surface area contributed by atoms with Gasteiger partial charge in [0.15, 0.2) is 0 Å². The van der Waals surface area contributed by atoms with Crippen LogP contribution in [0.5, 0.6) is 0 Å². The second-order valence-electron chi connectivity index (χ2n) is 7.77. The van der Waals surface area contributed by atoms with E-state index in [2.05, 4.69) is 27.4 Å². The normalized spacial score (nSPS) is 14.8. The zero-order chi connectivity index (χ0) is 21.0. The van der Waals surface area contributed by atoms with Gasteiger partial charge in [-0.2, -0.15) is 0 Å². The molecule has 4 aromatic rings. The van der Waals surface area contributed by atoms with Gasteiger partial charge >= 0.3 is 0 Å². The Morgan fingerprint density at radius 1 is 0.968 bits per heavy atom. The molecule has 0 N–H and O–H groups in total. The van der Waals surface area contributed by atoms with Gasteiger partial charge in [-0.1, -0.05) is 24.3 Å². The molecule has 0 atom stereocenters. The molecule has 5 rings (SSSR count). The van der Waals surface area contributed by atoms with E-state index in [0.717, 1.165) is 66.9 Å². The van der Waals surface area contributed by atoms with Gasteiger partial charge in [-0.15, -0.1) is 11.3 Å². The summed E-state index contributed by atoms with van der Waals surface area (Å²) in [7, 11) is 0. The van der Waals surface area contributed by atoms with Gasteiger partial charge in [0, 0.05) is 60.9 Å². The van der Waals surface area contributed by atoms with Crippen molar-refractivity contribution >= 4 is 28.1 Å². The number of carbonyl (C=O) groups excluding carboxylic acids is 1. The number of amides is 1. The molecule has 31 heavy (non-hydrogen) atoms. The summed E-state index contributed by atoms with van der Waals surface area (Å²) >= 11 is 1.81. The van der Waals surface area contributed by atoms with Crippen molar-refractivity contribution < 1.29 is 4.79 Å². The lowest BCUT2D eigenvalue weighted by Crippen LogP contribution is -2.49. The molecule has 6 heteroatoms. The summed E-state index contributed by atoms with van der Waals surface area (Å²) in [6.45, 7) is 4.39. The predicted molar refractivity (Wildman–Crippen MR) is 125 cm³/mol. The maximum atomic E-state index is 13.5. The van der Waals surface area contributed by atoms with Crippen molar-refractivity contribution in [2.75, 3.05) is 32.7 Å². The monoisotopic (exact) mass is 428 g/mol. The summed E-state index contributed by atoms with van der Waals surface area (Å²) in [5.74, 6) is 0.0896. The van der Waals surface area contributed by atoms with Crippen molar-refractivity contribution in [2.24, 2.45) is 0 Å². The molecule has 1 aliphatic rings. The van der Waals surface area contributed by atoms with Crippen LogP contribution in [0.2, 0.25) is 0 Å². The Hall–Kier alpha value is -3.09. The first-order chi connectivity index (χ1) is 15.3. The molecule has 0 spiro atoms. The Bertz CT molecular complexity index is 1170. The highest BCUT2D eigenvalue weighted by Crippen LogP contribution is 2.26. The number of carbonyl (C=O) groups is 1. The summed E-state index contributed by atoms with van der Waals surface area (Å²) in [4.78, 5) is 28.3. The number of piperazine rings is 1. The maximum absolute atomic E-state index is 13.5. The fraction of sp³-hybridized carbons (Fsp3) is 0.240. The highest BCUT2D eigenvalue weighted by molar-refractivity contribution is 7.09. The zero-order valence-electron chi connectivity index (χ0n) is 17.3. The van der Waals surface area contributed by atoms with Crippen LogP contribution in [0.3, 0.4) is 0 Å². The summed E-state index contributed by atoms with van der Waals surface area (Å²) in [5, 5.41) is 3.04. The van der Waals surface area contributed by atoms with Crippen molar-refractivity contribution in [3.05, 3.63) is 82.8 Å². The number of para-hydroxylation sites is 1. The molecule has 3 aromatic heterocycles. The van der Waals surface area contributed by atoms with Crippen molar-refractivity contribution in [3.8, 4) is 11.3 Å². The molecule has 0 bridgehead atoms. The number of benzene rings is 1. The van der Waals surface area contributed by atoms with Gasteiger partial charge in [-0.05, 0) is 42.1 Å². The lowest BCUT2D eigenvalue weighted by Gasteiger charge is -2.35. The predicted octanol–water partition coefficient (Wildman–Crippen LogP) is 4.36. The Kier molecular flexibility index (Phi) is 5.74. The first kappa shape index (κ1) is 19.8. The lowest BCUT2D eigenvalue weighted by atomic mass is 10.0. The third kappa shape index (κ3) is 4.36. The van der Waals surface area contributed by atoms with Gasteiger partial charge < -0.3 is 4.90 Å². The highest BCUT2D eigenvalue weighted by atomic mass is 32.1. The molecule has 0 saturated carbocycles. The minimum absolute atomic E-state index is 0.0896. The van der Waals surface area contributed by atoms with Gasteiger partial charge in [0.1, 0.15) is 0 Å². The quantitative estimate of drug-likeness (QED) is 0.474. The summed E-state index contributed by atoms with van der Waals surface area (Å²) in [6, 6.07) is 18.0. The van der Waals surface area contributed by atoms with Crippen molar-refractivity contribution in [3.63, 3.8) is 0 Å². The van der Waals surface area contributed by atoms with Crippen LogP contribution in [-0.2, 0) is 6.42 Å². The average molecular weight is 429 g/mol. The molecule has 0 unspecified atom stereocenters. The molecule has 1 aliphatic heterocycles. The molecular formula is C25H24N4OS. The number of aromatic nitrogens is 2. The SMILES string of the molecule is O=C(c1cc(-c2ccncc2)nc2ccccc12)N1CCN(CCc2cccs2)CC1. The van der Waals surface area contributed by atoms with Crippen molar-refractivity contribution in [2.45, 2.75) is 6.42 Å². The van der Waals surface area contributed by atoms with Gasteiger partial charge in [-0.25, -0.2) is 4.98 Å². The molecule has 1 aromatic carbocycles. The van der Waals surface area contributed by atoms with Crippen LogP contribution in [0.25, 0.3) is 22.2 Å². The number of pyridine rings is 2. The number of hydrogen-bond acceptors (Lipinski definition) is 5. The molecule has 0 radical (unpaired) electrons. The molecule has 1 fully saturated rings. The van der Waals surface area contributed by atoms with Gasteiger partial charge in [-0.3, -0.25) is 14.7 Å². The van der Waals surface area contributed by atoms with E-state index in [0.29, 0.717) is 0 Å². The summed E-state index contributed by atoms with van der Waals surface area (Å²) in [6.07, 6.45) is 4.59. The van der Waals surface area contributed by atoms with Crippen LogP contribution >= 0.6 is 11.3 Å². The smallest absolute Gasteiger partial charge is 0.254 e. The zero-order valence-corrected chi connectivity index (χ0v) is 18.1. The van der Waals surface area contributed by atoms with Crippen LogP contribution in [0.1, 0.15) is 15.2 Å². The van der Waals surface area contributed by atoms with Crippen LogP contribution in [0.15, 0.2) is 72.4 Å². The number of thiophene rings is 1. The number of rotatable bonds is 5. The maximum Gasteiger partial charge on any atom is 0.254 e. The first-order valence-electron chi connectivity index (χ1n) is 10.6. The van der Waals surface area contributed by atoms with E-state index in [1.54, 1.807) is 12.4 Å².